The Labute approximate surface area is 122 Å². The Morgan fingerprint density at radius 2 is 2.00 bits per heavy atom. The number of hydrogen-bond acceptors (Lipinski definition) is 4. The lowest BCUT2D eigenvalue weighted by Crippen LogP contribution is -2.18. The molecule has 0 aliphatic rings. The molecule has 0 fully saturated rings. The molecule has 104 valence electrons. The van der Waals surface area contributed by atoms with Gasteiger partial charge in [-0.3, -0.25) is 10.1 Å². The smallest absolute Gasteiger partial charge is 0.260 e. The van der Waals surface area contributed by atoms with Gasteiger partial charge in [-0.2, -0.15) is 0 Å². The average Bonchev–Trinajstić information content (AvgIpc) is 2.38. The maximum atomic E-state index is 12.3. The van der Waals surface area contributed by atoms with Gasteiger partial charge in [0.2, 0.25) is 5.95 Å². The molecule has 0 saturated carbocycles. The van der Waals surface area contributed by atoms with E-state index in [2.05, 4.69) is 20.6 Å². The van der Waals surface area contributed by atoms with Crippen LogP contribution >= 0.6 is 11.6 Å². The first-order chi connectivity index (χ1) is 9.56. The molecule has 2 aromatic rings. The first-order valence-electron chi connectivity index (χ1n) is 6.21. The molecule has 0 radical (unpaired) electrons. The summed E-state index contributed by atoms with van der Waals surface area (Å²) in [5, 5.41) is 6.13. The number of benzene rings is 1. The summed E-state index contributed by atoms with van der Waals surface area (Å²) >= 11 is 5.76. The van der Waals surface area contributed by atoms with E-state index in [-0.39, 0.29) is 23.1 Å². The first kappa shape index (κ1) is 14.3. The predicted octanol–water partition coefficient (Wildman–Crippen LogP) is 3.20. The number of aromatic nitrogens is 2. The Hall–Kier alpha value is -2.14. The highest BCUT2D eigenvalue weighted by Gasteiger charge is 2.12. The summed E-state index contributed by atoms with van der Waals surface area (Å²) in [6.07, 6.45) is 1.49. The maximum Gasteiger partial charge on any atom is 0.260 e. The Bertz CT molecular complexity index is 616. The number of nitrogens with one attached hydrogen (secondary N) is 2. The van der Waals surface area contributed by atoms with Crippen LogP contribution in [0.4, 0.5) is 11.6 Å². The molecule has 1 aromatic heterocycles. The van der Waals surface area contributed by atoms with Crippen molar-refractivity contribution in [3.63, 3.8) is 0 Å². The second kappa shape index (κ2) is 6.34. The number of nitrogens with zero attached hydrogens (tertiary/aromatic N) is 2. The van der Waals surface area contributed by atoms with Crippen LogP contribution in [-0.2, 0) is 0 Å². The minimum atomic E-state index is -0.281. The Kier molecular flexibility index (Phi) is 4.53. The van der Waals surface area contributed by atoms with Crippen molar-refractivity contribution in [2.75, 3.05) is 10.6 Å². The topological polar surface area (TPSA) is 66.9 Å². The molecule has 1 heterocycles. The SMILES string of the molecule is CC(C)Nc1ccccc1C(=O)Nc1nccc(Cl)n1. The third-order valence-electron chi connectivity index (χ3n) is 2.46. The zero-order chi connectivity index (χ0) is 14.5. The van der Waals surface area contributed by atoms with Crippen LogP contribution in [0.1, 0.15) is 24.2 Å². The summed E-state index contributed by atoms with van der Waals surface area (Å²) in [6, 6.07) is 9.05. The summed E-state index contributed by atoms with van der Waals surface area (Å²) < 4.78 is 0. The van der Waals surface area contributed by atoms with Crippen molar-refractivity contribution in [3.05, 3.63) is 47.2 Å². The highest BCUT2D eigenvalue weighted by molar-refractivity contribution is 6.29. The molecule has 0 aliphatic carbocycles. The lowest BCUT2D eigenvalue weighted by molar-refractivity contribution is 0.102. The fraction of sp³-hybridized carbons (Fsp3) is 0.214. The van der Waals surface area contributed by atoms with Crippen LogP contribution in [0.5, 0.6) is 0 Å². The second-order valence-electron chi connectivity index (χ2n) is 4.50. The number of anilines is 2. The van der Waals surface area contributed by atoms with Gasteiger partial charge in [0.1, 0.15) is 5.15 Å². The minimum Gasteiger partial charge on any atom is -0.382 e. The van der Waals surface area contributed by atoms with Crippen LogP contribution in [0.15, 0.2) is 36.5 Å². The van der Waals surface area contributed by atoms with Crippen molar-refractivity contribution in [2.24, 2.45) is 0 Å². The van der Waals surface area contributed by atoms with E-state index in [1.165, 1.54) is 6.20 Å². The van der Waals surface area contributed by atoms with E-state index in [0.29, 0.717) is 5.56 Å². The number of carbonyl (C=O) groups excluding carboxylic acids is 1. The molecule has 2 N–H and O–H groups in total. The number of halogens is 1. The highest BCUT2D eigenvalue weighted by atomic mass is 35.5. The number of hydrogen-bond donors (Lipinski definition) is 2. The van der Waals surface area contributed by atoms with Gasteiger partial charge in [-0.15, -0.1) is 0 Å². The normalized spacial score (nSPS) is 10.4. The molecule has 0 unspecified atom stereocenters. The molecule has 0 saturated heterocycles. The summed E-state index contributed by atoms with van der Waals surface area (Å²) in [5.41, 5.74) is 1.30. The molecule has 0 aliphatic heterocycles. The van der Waals surface area contributed by atoms with E-state index in [1.54, 1.807) is 18.2 Å². The second-order valence-corrected chi connectivity index (χ2v) is 4.89. The van der Waals surface area contributed by atoms with Crippen molar-refractivity contribution in [3.8, 4) is 0 Å². The lowest BCUT2D eigenvalue weighted by atomic mass is 10.1. The fourth-order valence-corrected chi connectivity index (χ4v) is 1.82. The Balaban J connectivity index is 2.21. The Morgan fingerprint density at radius 3 is 2.70 bits per heavy atom. The summed E-state index contributed by atoms with van der Waals surface area (Å²) in [6.45, 7) is 4.02. The van der Waals surface area contributed by atoms with Crippen molar-refractivity contribution < 1.29 is 4.79 Å². The molecular formula is C14H15ClN4O. The van der Waals surface area contributed by atoms with Crippen LogP contribution < -0.4 is 10.6 Å². The average molecular weight is 291 g/mol. The van der Waals surface area contributed by atoms with E-state index < -0.39 is 0 Å². The van der Waals surface area contributed by atoms with E-state index in [1.807, 2.05) is 26.0 Å². The monoisotopic (exact) mass is 290 g/mol. The molecule has 0 bridgehead atoms. The molecule has 1 aromatic carbocycles. The summed E-state index contributed by atoms with van der Waals surface area (Å²) in [4.78, 5) is 20.1. The van der Waals surface area contributed by atoms with Gasteiger partial charge in [0, 0.05) is 17.9 Å². The van der Waals surface area contributed by atoms with Gasteiger partial charge in [-0.1, -0.05) is 23.7 Å². The van der Waals surface area contributed by atoms with Crippen LogP contribution in [-0.4, -0.2) is 21.9 Å². The quantitative estimate of drug-likeness (QED) is 0.849. The predicted molar refractivity (Wildman–Crippen MR) is 80.2 cm³/mol. The molecule has 6 heteroatoms. The molecule has 1 amide bonds. The van der Waals surface area contributed by atoms with Crippen LogP contribution in [0, 0.1) is 0 Å². The summed E-state index contributed by atoms with van der Waals surface area (Å²) in [5.74, 6) is -0.0992. The van der Waals surface area contributed by atoms with E-state index >= 15 is 0 Å². The van der Waals surface area contributed by atoms with Crippen LogP contribution in [0.2, 0.25) is 5.15 Å². The van der Waals surface area contributed by atoms with Gasteiger partial charge >= 0.3 is 0 Å². The van der Waals surface area contributed by atoms with Crippen molar-refractivity contribution in [1.82, 2.24) is 9.97 Å². The standard InChI is InChI=1S/C14H15ClN4O/c1-9(2)17-11-6-4-3-5-10(11)13(20)19-14-16-8-7-12(15)18-14/h3-9,17H,1-2H3,(H,16,18,19,20). The van der Waals surface area contributed by atoms with Gasteiger partial charge in [0.05, 0.1) is 5.56 Å². The zero-order valence-corrected chi connectivity index (χ0v) is 12.0. The number of amides is 1. The van der Waals surface area contributed by atoms with Crippen LogP contribution in [0.3, 0.4) is 0 Å². The molecule has 20 heavy (non-hydrogen) atoms. The largest absolute Gasteiger partial charge is 0.382 e. The highest BCUT2D eigenvalue weighted by Crippen LogP contribution is 2.17. The Morgan fingerprint density at radius 1 is 1.25 bits per heavy atom. The van der Waals surface area contributed by atoms with E-state index in [0.717, 1.165) is 5.69 Å². The van der Waals surface area contributed by atoms with E-state index in [4.69, 9.17) is 11.6 Å². The fourth-order valence-electron chi connectivity index (χ4n) is 1.68. The molecule has 0 atom stereocenters. The molecular weight excluding hydrogens is 276 g/mol. The molecule has 5 nitrogen and oxygen atoms in total. The first-order valence-corrected chi connectivity index (χ1v) is 6.59. The minimum absolute atomic E-state index is 0.182. The maximum absolute atomic E-state index is 12.3. The van der Waals surface area contributed by atoms with Crippen molar-refractivity contribution in [2.45, 2.75) is 19.9 Å². The van der Waals surface area contributed by atoms with Gasteiger partial charge in [-0.25, -0.2) is 9.97 Å². The van der Waals surface area contributed by atoms with Crippen molar-refractivity contribution >= 4 is 29.1 Å². The van der Waals surface area contributed by atoms with Gasteiger partial charge in [0.25, 0.3) is 5.91 Å². The number of rotatable bonds is 4. The zero-order valence-electron chi connectivity index (χ0n) is 11.2. The van der Waals surface area contributed by atoms with E-state index in [9.17, 15) is 4.79 Å². The number of carbonyl (C=O) groups is 1. The molecule has 0 spiro atoms. The van der Waals surface area contributed by atoms with Gasteiger partial charge in [0.15, 0.2) is 0 Å². The van der Waals surface area contributed by atoms with Crippen LogP contribution in [0.25, 0.3) is 0 Å². The van der Waals surface area contributed by atoms with Crippen molar-refractivity contribution in [1.29, 1.82) is 0 Å². The van der Waals surface area contributed by atoms with Gasteiger partial charge < -0.3 is 5.32 Å². The summed E-state index contributed by atoms with van der Waals surface area (Å²) in [7, 11) is 0. The third-order valence-corrected chi connectivity index (χ3v) is 2.67. The number of para-hydroxylation sites is 1. The third kappa shape index (κ3) is 3.68. The van der Waals surface area contributed by atoms with Gasteiger partial charge in [-0.05, 0) is 32.0 Å². The lowest BCUT2D eigenvalue weighted by Gasteiger charge is -2.14. The molecule has 2 rings (SSSR count).